The zero-order chi connectivity index (χ0) is 12.4. The van der Waals surface area contributed by atoms with E-state index in [1.807, 2.05) is 0 Å². The molecule has 1 radical (unpaired) electrons. The summed E-state index contributed by atoms with van der Waals surface area (Å²) in [5.74, 6) is 0. The third-order valence-corrected chi connectivity index (χ3v) is 0.862. The van der Waals surface area contributed by atoms with Crippen LogP contribution in [0.15, 0.2) is 0 Å². The van der Waals surface area contributed by atoms with E-state index >= 15 is 0 Å². The molecular formula is C9H21FeO6. The first-order valence-electron chi connectivity index (χ1n) is 4.46. The molecule has 16 heavy (non-hydrogen) atoms. The first-order valence-corrected chi connectivity index (χ1v) is 4.46. The summed E-state index contributed by atoms with van der Waals surface area (Å²) >= 11 is 0. The fraction of sp³-hybridized carbons (Fsp3) is 1.00. The van der Waals surface area contributed by atoms with Gasteiger partial charge in [-0.1, -0.05) is 0 Å². The second-order valence-electron chi connectivity index (χ2n) is 2.09. The quantitative estimate of drug-likeness (QED) is 0.481. The molecule has 0 spiro atoms. The van der Waals surface area contributed by atoms with Crippen LogP contribution in [0.5, 0.6) is 0 Å². The molecule has 0 atom stereocenters. The summed E-state index contributed by atoms with van der Waals surface area (Å²) in [6, 6.07) is 0. The van der Waals surface area contributed by atoms with E-state index in [1.54, 1.807) is 0 Å². The number of rotatable bonds is 6. The molecule has 0 bridgehead atoms. The molecule has 0 aromatic rings. The van der Waals surface area contributed by atoms with Crippen LogP contribution in [0.2, 0.25) is 0 Å². The molecule has 0 aromatic heterocycles. The Bertz CT molecular complexity index is 56.8. The molecule has 101 valence electrons. The van der Waals surface area contributed by atoms with Crippen LogP contribution in [0.25, 0.3) is 0 Å². The Kier molecular flexibility index (Phi) is 57.0. The van der Waals surface area contributed by atoms with Gasteiger partial charge in [0.2, 0.25) is 0 Å². The van der Waals surface area contributed by atoms with Gasteiger partial charge in [0, 0.05) is 41.2 Å². The van der Waals surface area contributed by atoms with Crippen molar-refractivity contribution in [3.8, 4) is 0 Å². The van der Waals surface area contributed by atoms with Gasteiger partial charge in [0.05, 0.1) is 0 Å². The minimum Gasteiger partial charge on any atom is -0.853 e. The van der Waals surface area contributed by atoms with Gasteiger partial charge in [-0.15, -0.1) is 19.8 Å². The molecule has 0 amide bonds. The summed E-state index contributed by atoms with van der Waals surface area (Å²) in [6.07, 6.45) is 0. The molecule has 0 saturated carbocycles. The summed E-state index contributed by atoms with van der Waals surface area (Å²) in [5.41, 5.74) is 0. The fourth-order valence-electron chi connectivity index (χ4n) is 0.250. The van der Waals surface area contributed by atoms with Crippen molar-refractivity contribution in [2.24, 2.45) is 0 Å². The largest absolute Gasteiger partial charge is 3.00 e. The standard InChI is InChI=1S/3C3H7O2.Fe/c3*1-5-3-2-4;/h3*2-3H2,1H3;/q3*-1;+3. The van der Waals surface area contributed by atoms with Gasteiger partial charge in [0.15, 0.2) is 0 Å². The number of ether oxygens (including phenoxy) is 3. The van der Waals surface area contributed by atoms with Crippen LogP contribution >= 0.6 is 0 Å². The van der Waals surface area contributed by atoms with E-state index < -0.39 is 0 Å². The van der Waals surface area contributed by atoms with Gasteiger partial charge >= 0.3 is 17.1 Å². The van der Waals surface area contributed by atoms with Crippen LogP contribution in [-0.2, 0) is 31.3 Å². The Hall–Kier alpha value is 0.279. The Morgan fingerprint density at radius 1 is 0.625 bits per heavy atom. The molecule has 7 heteroatoms. The summed E-state index contributed by atoms with van der Waals surface area (Å²) in [4.78, 5) is 0. The molecule has 0 aliphatic carbocycles. The van der Waals surface area contributed by atoms with Crippen LogP contribution in [0.4, 0.5) is 0 Å². The normalized spacial score (nSPS) is 7.88. The molecule has 0 aromatic carbocycles. The molecule has 0 unspecified atom stereocenters. The van der Waals surface area contributed by atoms with E-state index in [0.29, 0.717) is 19.8 Å². The van der Waals surface area contributed by atoms with Crippen molar-refractivity contribution in [2.45, 2.75) is 0 Å². The van der Waals surface area contributed by atoms with Gasteiger partial charge in [-0.3, -0.25) is 0 Å². The number of methoxy groups -OCH3 is 3. The van der Waals surface area contributed by atoms with Crippen molar-refractivity contribution in [3.63, 3.8) is 0 Å². The topological polar surface area (TPSA) is 96.9 Å². The molecule has 0 fully saturated rings. The number of hydrogen-bond acceptors (Lipinski definition) is 6. The van der Waals surface area contributed by atoms with E-state index in [-0.39, 0.29) is 36.9 Å². The Morgan fingerprint density at radius 3 is 0.812 bits per heavy atom. The van der Waals surface area contributed by atoms with Crippen molar-refractivity contribution in [1.82, 2.24) is 0 Å². The van der Waals surface area contributed by atoms with Crippen LogP contribution in [-0.4, -0.2) is 61.0 Å². The molecule has 0 N–H and O–H groups in total. The third kappa shape index (κ3) is 63.9. The summed E-state index contributed by atoms with van der Waals surface area (Å²) in [6.45, 7) is 0.615. The van der Waals surface area contributed by atoms with Crippen molar-refractivity contribution < 1.29 is 46.6 Å². The van der Waals surface area contributed by atoms with Gasteiger partial charge in [0.1, 0.15) is 0 Å². The second-order valence-corrected chi connectivity index (χ2v) is 2.09. The summed E-state index contributed by atoms with van der Waals surface area (Å²) < 4.78 is 13.1. The second kappa shape index (κ2) is 36.2. The molecule has 0 aliphatic rings. The van der Waals surface area contributed by atoms with Crippen molar-refractivity contribution >= 4 is 0 Å². The van der Waals surface area contributed by atoms with Crippen molar-refractivity contribution in [3.05, 3.63) is 0 Å². The SMILES string of the molecule is COCC[O-].COCC[O-].COCC[O-].[Fe+3]. The van der Waals surface area contributed by atoms with E-state index in [2.05, 4.69) is 14.2 Å². The van der Waals surface area contributed by atoms with E-state index in [0.717, 1.165) is 0 Å². The first-order chi connectivity index (χ1) is 7.24. The smallest absolute Gasteiger partial charge is 0.853 e. The predicted molar refractivity (Wildman–Crippen MR) is 50.2 cm³/mol. The molecular weight excluding hydrogens is 260 g/mol. The Morgan fingerprint density at radius 2 is 0.812 bits per heavy atom. The van der Waals surface area contributed by atoms with Crippen molar-refractivity contribution in [1.29, 1.82) is 0 Å². The van der Waals surface area contributed by atoms with Crippen molar-refractivity contribution in [2.75, 3.05) is 61.0 Å². The predicted octanol–water partition coefficient (Wildman–Crippen LogP) is -3.02. The molecule has 0 aliphatic heterocycles. The zero-order valence-electron chi connectivity index (χ0n) is 10.0. The Balaban J connectivity index is -0.0000000655. The van der Waals surface area contributed by atoms with Crippen LogP contribution in [0, 0.1) is 0 Å². The van der Waals surface area contributed by atoms with E-state index in [1.165, 1.54) is 21.3 Å². The van der Waals surface area contributed by atoms with Crippen LogP contribution in [0.1, 0.15) is 0 Å². The molecule has 0 heterocycles. The van der Waals surface area contributed by atoms with Gasteiger partial charge in [-0.2, -0.15) is 0 Å². The van der Waals surface area contributed by atoms with Crippen LogP contribution in [0.3, 0.4) is 0 Å². The van der Waals surface area contributed by atoms with Gasteiger partial charge in [-0.05, 0) is 0 Å². The maximum absolute atomic E-state index is 9.40. The van der Waals surface area contributed by atoms with Crippen LogP contribution < -0.4 is 15.3 Å². The average molecular weight is 281 g/mol. The van der Waals surface area contributed by atoms with Gasteiger partial charge in [-0.25, -0.2) is 0 Å². The third-order valence-electron chi connectivity index (χ3n) is 0.862. The Labute approximate surface area is 108 Å². The maximum Gasteiger partial charge on any atom is 3.00 e. The van der Waals surface area contributed by atoms with Gasteiger partial charge in [0.25, 0.3) is 0 Å². The summed E-state index contributed by atoms with van der Waals surface area (Å²) in [5, 5.41) is 28.2. The molecule has 0 saturated heterocycles. The minimum atomic E-state index is -0.128. The molecule has 6 nitrogen and oxygen atoms in total. The van der Waals surface area contributed by atoms with E-state index in [9.17, 15) is 15.3 Å². The summed E-state index contributed by atoms with van der Waals surface area (Å²) in [7, 11) is 4.54. The molecule has 0 rings (SSSR count). The number of hydrogen-bond donors (Lipinski definition) is 0. The minimum absolute atomic E-state index is 0. The fourth-order valence-corrected chi connectivity index (χ4v) is 0.250. The zero-order valence-corrected chi connectivity index (χ0v) is 11.1. The van der Waals surface area contributed by atoms with Gasteiger partial charge < -0.3 is 29.5 Å². The maximum atomic E-state index is 9.40. The average Bonchev–Trinajstić information content (AvgIpc) is 2.23. The monoisotopic (exact) mass is 281 g/mol. The van der Waals surface area contributed by atoms with E-state index in [4.69, 9.17) is 0 Å². The first kappa shape index (κ1) is 25.2.